The minimum atomic E-state index is 0.558. The minimum absolute atomic E-state index is 0.558. The van der Waals surface area contributed by atoms with Crippen molar-refractivity contribution in [1.82, 2.24) is 34.5 Å². The van der Waals surface area contributed by atoms with Gasteiger partial charge in [0.15, 0.2) is 0 Å². The molecule has 1 aliphatic heterocycles. The van der Waals surface area contributed by atoms with Crippen LogP contribution in [-0.2, 0) is 17.7 Å². The highest BCUT2D eigenvalue weighted by molar-refractivity contribution is 5.78. The Kier molecular flexibility index (Phi) is 8.70. The Hall–Kier alpha value is -3.66. The van der Waals surface area contributed by atoms with Gasteiger partial charge in [-0.2, -0.15) is 5.10 Å². The summed E-state index contributed by atoms with van der Waals surface area (Å²) in [5.41, 5.74) is 5.91. The molecular weight excluding hydrogens is 476 g/mol. The smallest absolute Gasteiger partial charge is 0.227 e. The Morgan fingerprint density at radius 1 is 0.947 bits per heavy atom. The normalized spacial score (nSPS) is 14.6. The van der Waals surface area contributed by atoms with Crippen molar-refractivity contribution in [3.63, 3.8) is 0 Å². The van der Waals surface area contributed by atoms with Gasteiger partial charge in [0.25, 0.3) is 0 Å². The van der Waals surface area contributed by atoms with Crippen LogP contribution < -0.4 is 5.32 Å². The lowest BCUT2D eigenvalue weighted by atomic mass is 10.1. The molecule has 38 heavy (non-hydrogen) atoms. The average molecular weight is 513 g/mol. The number of rotatable bonds is 11. The fourth-order valence-electron chi connectivity index (χ4n) is 4.68. The highest BCUT2D eigenvalue weighted by Gasteiger charge is 2.17. The third-order valence-electron chi connectivity index (χ3n) is 6.96. The van der Waals surface area contributed by atoms with Gasteiger partial charge in [0.2, 0.25) is 5.95 Å². The lowest BCUT2D eigenvalue weighted by molar-refractivity contribution is 0.0976. The van der Waals surface area contributed by atoms with Crippen molar-refractivity contribution in [2.24, 2.45) is 0 Å². The third-order valence-corrected chi connectivity index (χ3v) is 6.96. The maximum absolute atomic E-state index is 5.20. The lowest BCUT2D eigenvalue weighted by Gasteiger charge is -2.34. The van der Waals surface area contributed by atoms with Gasteiger partial charge in [-0.25, -0.2) is 9.97 Å². The van der Waals surface area contributed by atoms with E-state index in [4.69, 9.17) is 14.8 Å². The van der Waals surface area contributed by atoms with Crippen LogP contribution in [0.25, 0.3) is 22.5 Å². The second-order valence-electron chi connectivity index (χ2n) is 9.50. The summed E-state index contributed by atoms with van der Waals surface area (Å²) >= 11 is 0. The van der Waals surface area contributed by atoms with Crippen LogP contribution in [-0.4, -0.2) is 87.5 Å². The maximum atomic E-state index is 5.20. The van der Waals surface area contributed by atoms with Crippen LogP contribution in [0.3, 0.4) is 0 Å². The third kappa shape index (κ3) is 6.61. The topological polar surface area (TPSA) is 84.2 Å². The number of aryl methyl sites for hydroxylation is 1. The lowest BCUT2D eigenvalue weighted by Crippen LogP contribution is -2.47. The van der Waals surface area contributed by atoms with E-state index in [0.717, 1.165) is 87.0 Å². The van der Waals surface area contributed by atoms with Gasteiger partial charge in [-0.3, -0.25) is 14.6 Å². The number of nitrogens with one attached hydrogen (secondary N) is 1. The molecule has 0 spiro atoms. The van der Waals surface area contributed by atoms with Gasteiger partial charge in [0.05, 0.1) is 12.3 Å². The van der Waals surface area contributed by atoms with Crippen LogP contribution in [0.1, 0.15) is 12.5 Å². The summed E-state index contributed by atoms with van der Waals surface area (Å²) in [7, 11) is 1.77. The number of aromatic nitrogens is 5. The molecule has 1 saturated heterocycles. The number of hydrogen-bond acceptors (Lipinski definition) is 8. The molecular formula is C29H36N8O. The van der Waals surface area contributed by atoms with Gasteiger partial charge in [0, 0.05) is 94.5 Å². The molecule has 1 fully saturated rings. The highest BCUT2D eigenvalue weighted by Crippen LogP contribution is 2.30. The molecule has 5 rings (SSSR count). The van der Waals surface area contributed by atoms with E-state index in [2.05, 4.69) is 56.3 Å². The molecule has 1 aromatic carbocycles. The van der Waals surface area contributed by atoms with Crippen LogP contribution in [0.4, 0.5) is 11.6 Å². The van der Waals surface area contributed by atoms with E-state index < -0.39 is 0 Å². The number of methoxy groups -OCH3 is 1. The molecule has 0 saturated carbocycles. The quantitative estimate of drug-likeness (QED) is 0.323. The van der Waals surface area contributed by atoms with E-state index in [-0.39, 0.29) is 0 Å². The van der Waals surface area contributed by atoms with Gasteiger partial charge in [-0.15, -0.1) is 0 Å². The Bertz CT molecular complexity index is 1280. The van der Waals surface area contributed by atoms with Crippen molar-refractivity contribution in [2.45, 2.75) is 19.9 Å². The van der Waals surface area contributed by atoms with E-state index in [1.54, 1.807) is 19.5 Å². The fourth-order valence-corrected chi connectivity index (χ4v) is 4.68. The monoisotopic (exact) mass is 512 g/mol. The second-order valence-corrected chi connectivity index (χ2v) is 9.50. The number of benzene rings is 1. The zero-order valence-electron chi connectivity index (χ0n) is 22.3. The largest absolute Gasteiger partial charge is 0.383 e. The van der Waals surface area contributed by atoms with Crippen LogP contribution in [0.15, 0.2) is 67.3 Å². The zero-order chi connectivity index (χ0) is 26.2. The molecule has 198 valence electrons. The van der Waals surface area contributed by atoms with Crippen LogP contribution in [0.5, 0.6) is 0 Å². The van der Waals surface area contributed by atoms with Crippen molar-refractivity contribution in [3.8, 4) is 22.5 Å². The first-order valence-corrected chi connectivity index (χ1v) is 13.3. The molecule has 1 aliphatic rings. The maximum Gasteiger partial charge on any atom is 0.227 e. The summed E-state index contributed by atoms with van der Waals surface area (Å²) in [6, 6.07) is 14.4. The minimum Gasteiger partial charge on any atom is -0.383 e. The Balaban J connectivity index is 1.20. The second kappa shape index (κ2) is 12.7. The van der Waals surface area contributed by atoms with Crippen molar-refractivity contribution < 1.29 is 4.74 Å². The number of ether oxygens (including phenoxy) is 1. The first-order chi connectivity index (χ1) is 18.7. The molecule has 0 radical (unpaired) electrons. The summed E-state index contributed by atoms with van der Waals surface area (Å²) in [5, 5.41) is 8.11. The zero-order valence-corrected chi connectivity index (χ0v) is 22.3. The number of piperazine rings is 1. The molecule has 4 aromatic rings. The molecule has 0 unspecified atom stereocenters. The first kappa shape index (κ1) is 26.0. The first-order valence-electron chi connectivity index (χ1n) is 13.3. The number of nitrogens with zero attached hydrogens (tertiary/aromatic N) is 7. The molecule has 0 atom stereocenters. The molecule has 1 N–H and O–H groups in total. The Morgan fingerprint density at radius 2 is 1.74 bits per heavy atom. The molecule has 4 heterocycles. The molecule has 9 nitrogen and oxygen atoms in total. The van der Waals surface area contributed by atoms with E-state index in [0.29, 0.717) is 5.95 Å². The Morgan fingerprint density at radius 3 is 2.45 bits per heavy atom. The van der Waals surface area contributed by atoms with Gasteiger partial charge < -0.3 is 15.0 Å². The highest BCUT2D eigenvalue weighted by atomic mass is 16.5. The summed E-state index contributed by atoms with van der Waals surface area (Å²) in [6.07, 6.45) is 8.45. The summed E-state index contributed by atoms with van der Waals surface area (Å²) in [4.78, 5) is 18.5. The molecule has 0 amide bonds. The van der Waals surface area contributed by atoms with E-state index in [1.165, 1.54) is 5.56 Å². The number of anilines is 2. The summed E-state index contributed by atoms with van der Waals surface area (Å²) in [5.74, 6) is 0.558. The van der Waals surface area contributed by atoms with E-state index in [9.17, 15) is 0 Å². The standard InChI is InChI=1S/C29H36N8O/c1-3-37-22-26(28(34-37)24-5-4-12-30-21-24)27-10-13-31-29(33-27)32-25-8-6-23(7-9-25)11-14-35-15-17-36(18-16-35)19-20-38-2/h4-10,12-13,21-22H,3,11,14-20H2,1-2H3,(H,31,32,33). The number of pyridine rings is 1. The predicted molar refractivity (Wildman–Crippen MR) is 150 cm³/mol. The summed E-state index contributed by atoms with van der Waals surface area (Å²) in [6.45, 7) is 10.3. The molecule has 0 bridgehead atoms. The van der Waals surface area contributed by atoms with Crippen LogP contribution in [0.2, 0.25) is 0 Å². The van der Waals surface area contributed by atoms with Crippen molar-refractivity contribution in [2.75, 3.05) is 58.3 Å². The van der Waals surface area contributed by atoms with Crippen molar-refractivity contribution in [3.05, 3.63) is 72.8 Å². The average Bonchev–Trinajstić information content (AvgIpc) is 3.42. The van der Waals surface area contributed by atoms with Gasteiger partial charge in [-0.05, 0) is 49.2 Å². The predicted octanol–water partition coefficient (Wildman–Crippen LogP) is 3.97. The molecule has 0 aliphatic carbocycles. The van der Waals surface area contributed by atoms with Crippen LogP contribution >= 0.6 is 0 Å². The van der Waals surface area contributed by atoms with Gasteiger partial charge >= 0.3 is 0 Å². The van der Waals surface area contributed by atoms with Crippen molar-refractivity contribution >= 4 is 11.6 Å². The van der Waals surface area contributed by atoms with Gasteiger partial charge in [0.1, 0.15) is 5.69 Å². The number of hydrogen-bond donors (Lipinski definition) is 1. The van der Waals surface area contributed by atoms with Gasteiger partial charge in [-0.1, -0.05) is 12.1 Å². The SMILES string of the molecule is CCn1cc(-c2ccnc(Nc3ccc(CCN4CCN(CCOC)CC4)cc3)n2)c(-c2cccnc2)n1. The molecule has 3 aromatic heterocycles. The van der Waals surface area contributed by atoms with Crippen LogP contribution in [0, 0.1) is 0 Å². The van der Waals surface area contributed by atoms with Crippen molar-refractivity contribution in [1.29, 1.82) is 0 Å². The molecule has 9 heteroatoms. The fraction of sp³-hybridized carbons (Fsp3) is 0.379. The van der Waals surface area contributed by atoms with E-state index >= 15 is 0 Å². The Labute approximate surface area is 224 Å². The summed E-state index contributed by atoms with van der Waals surface area (Å²) < 4.78 is 7.13. The van der Waals surface area contributed by atoms with E-state index in [1.807, 2.05) is 35.3 Å².